The Kier molecular flexibility index (Phi) is 3.51. The molecule has 0 aromatic carbocycles. The number of carbonyl (C=O) groups excluding carboxylic acids is 1. The summed E-state index contributed by atoms with van der Waals surface area (Å²) in [6.07, 6.45) is 2.05. The third-order valence-electron chi connectivity index (χ3n) is 3.23. The van der Waals surface area contributed by atoms with Gasteiger partial charge >= 0.3 is 0 Å². The number of hydrogen-bond acceptors (Lipinski definition) is 5. The van der Waals surface area contributed by atoms with Crippen LogP contribution in [-0.4, -0.2) is 50.0 Å². The van der Waals surface area contributed by atoms with E-state index in [1.165, 1.54) is 16.8 Å². The first-order valence-corrected chi connectivity index (χ1v) is 6.56. The van der Waals surface area contributed by atoms with Crippen molar-refractivity contribution in [2.75, 3.05) is 13.1 Å². The number of pyridine rings is 1. The molecular weight excluding hydrogens is 277 g/mol. The molecule has 1 fully saturated rings. The molecule has 7 nitrogen and oxygen atoms in total. The zero-order chi connectivity index (χ0) is 14.8. The summed E-state index contributed by atoms with van der Waals surface area (Å²) in [5, 5.41) is 7.54. The lowest BCUT2D eigenvalue weighted by Crippen LogP contribution is -2.31. The quantitative estimate of drug-likeness (QED) is 0.776. The van der Waals surface area contributed by atoms with Gasteiger partial charge in [0, 0.05) is 26.1 Å². The van der Waals surface area contributed by atoms with Gasteiger partial charge in [0.2, 0.25) is 11.8 Å². The highest BCUT2D eigenvalue weighted by atomic mass is 19.1. The van der Waals surface area contributed by atoms with Crippen molar-refractivity contribution in [1.82, 2.24) is 24.9 Å². The number of aromatic nitrogens is 4. The Bertz CT molecular complexity index is 660. The summed E-state index contributed by atoms with van der Waals surface area (Å²) in [5.41, 5.74) is 0.307. The molecule has 1 saturated heterocycles. The average Bonchev–Trinajstić information content (AvgIpc) is 3.07. The SMILES string of the molecule is Cn1cc(C(=O)N2CCC(Oc3cccc(F)n3)C2)nn1. The lowest BCUT2D eigenvalue weighted by Gasteiger charge is -2.15. The number of rotatable bonds is 3. The lowest BCUT2D eigenvalue weighted by atomic mass is 10.3. The second-order valence-corrected chi connectivity index (χ2v) is 4.86. The van der Waals surface area contributed by atoms with Crippen LogP contribution in [0.2, 0.25) is 0 Å². The third-order valence-corrected chi connectivity index (χ3v) is 3.23. The summed E-state index contributed by atoms with van der Waals surface area (Å²) in [6, 6.07) is 4.39. The first-order valence-electron chi connectivity index (χ1n) is 6.56. The summed E-state index contributed by atoms with van der Waals surface area (Å²) in [7, 11) is 1.70. The first kappa shape index (κ1) is 13.5. The van der Waals surface area contributed by atoms with Crippen LogP contribution in [0, 0.1) is 5.95 Å². The standard InChI is InChI=1S/C13H14FN5O2/c1-18-8-10(16-17-18)13(20)19-6-5-9(7-19)21-12-4-2-3-11(14)15-12/h2-4,8-9H,5-7H2,1H3. The number of ether oxygens (including phenoxy) is 1. The minimum atomic E-state index is -0.585. The van der Waals surface area contributed by atoms with E-state index < -0.39 is 5.95 Å². The highest BCUT2D eigenvalue weighted by Crippen LogP contribution is 2.18. The van der Waals surface area contributed by atoms with Crippen molar-refractivity contribution in [3.63, 3.8) is 0 Å². The van der Waals surface area contributed by atoms with Crippen LogP contribution in [0.1, 0.15) is 16.9 Å². The molecule has 0 aliphatic carbocycles. The van der Waals surface area contributed by atoms with E-state index in [1.54, 1.807) is 24.2 Å². The summed E-state index contributed by atoms with van der Waals surface area (Å²) < 4.78 is 20.1. The molecule has 8 heteroatoms. The fraction of sp³-hybridized carbons (Fsp3) is 0.385. The van der Waals surface area contributed by atoms with Crippen molar-refractivity contribution in [2.24, 2.45) is 7.05 Å². The fourth-order valence-corrected chi connectivity index (χ4v) is 2.24. The molecular formula is C13H14FN5O2. The van der Waals surface area contributed by atoms with Gasteiger partial charge in [0.25, 0.3) is 5.91 Å². The van der Waals surface area contributed by atoms with E-state index in [-0.39, 0.29) is 17.9 Å². The van der Waals surface area contributed by atoms with Gasteiger partial charge in [-0.3, -0.25) is 9.48 Å². The smallest absolute Gasteiger partial charge is 0.276 e. The Morgan fingerprint density at radius 1 is 1.48 bits per heavy atom. The highest BCUT2D eigenvalue weighted by Gasteiger charge is 2.29. The minimum absolute atomic E-state index is 0.179. The molecule has 0 N–H and O–H groups in total. The molecule has 3 heterocycles. The molecule has 0 bridgehead atoms. The number of likely N-dealkylation sites (tertiary alicyclic amines) is 1. The number of aryl methyl sites for hydroxylation is 1. The zero-order valence-corrected chi connectivity index (χ0v) is 11.4. The molecule has 1 aliphatic rings. The largest absolute Gasteiger partial charge is 0.472 e. The van der Waals surface area contributed by atoms with Crippen LogP contribution in [0.4, 0.5) is 4.39 Å². The summed E-state index contributed by atoms with van der Waals surface area (Å²) in [5.74, 6) is -0.534. The predicted molar refractivity (Wildman–Crippen MR) is 70.1 cm³/mol. The van der Waals surface area contributed by atoms with Crippen molar-refractivity contribution >= 4 is 5.91 Å². The molecule has 1 unspecified atom stereocenters. The molecule has 1 amide bonds. The molecule has 3 rings (SSSR count). The van der Waals surface area contributed by atoms with E-state index in [9.17, 15) is 9.18 Å². The van der Waals surface area contributed by atoms with E-state index in [1.807, 2.05) is 0 Å². The second-order valence-electron chi connectivity index (χ2n) is 4.86. The maximum absolute atomic E-state index is 13.0. The van der Waals surface area contributed by atoms with Crippen molar-refractivity contribution in [1.29, 1.82) is 0 Å². The van der Waals surface area contributed by atoms with Gasteiger partial charge < -0.3 is 9.64 Å². The van der Waals surface area contributed by atoms with Crippen molar-refractivity contribution in [2.45, 2.75) is 12.5 Å². The van der Waals surface area contributed by atoms with Crippen molar-refractivity contribution in [3.05, 3.63) is 36.0 Å². The number of halogens is 1. The molecule has 0 saturated carbocycles. The maximum atomic E-state index is 13.0. The maximum Gasteiger partial charge on any atom is 0.276 e. The molecule has 2 aromatic heterocycles. The van der Waals surface area contributed by atoms with Crippen molar-refractivity contribution < 1.29 is 13.9 Å². The number of hydrogen-bond donors (Lipinski definition) is 0. The Morgan fingerprint density at radius 2 is 2.33 bits per heavy atom. The topological polar surface area (TPSA) is 73.1 Å². The predicted octanol–water partition coefficient (Wildman–Crippen LogP) is 0.643. The zero-order valence-electron chi connectivity index (χ0n) is 11.4. The number of amides is 1. The van der Waals surface area contributed by atoms with Crippen LogP contribution in [0.25, 0.3) is 0 Å². The van der Waals surface area contributed by atoms with E-state index in [4.69, 9.17) is 4.74 Å². The highest BCUT2D eigenvalue weighted by molar-refractivity contribution is 5.92. The van der Waals surface area contributed by atoms with Gasteiger partial charge in [-0.05, 0) is 6.07 Å². The average molecular weight is 291 g/mol. The van der Waals surface area contributed by atoms with Gasteiger partial charge in [0.05, 0.1) is 12.7 Å². The number of nitrogens with zero attached hydrogens (tertiary/aromatic N) is 5. The van der Waals surface area contributed by atoms with Crippen LogP contribution < -0.4 is 4.74 Å². The first-order chi connectivity index (χ1) is 10.1. The molecule has 110 valence electrons. The molecule has 0 spiro atoms. The molecule has 1 aliphatic heterocycles. The Morgan fingerprint density at radius 3 is 3.05 bits per heavy atom. The lowest BCUT2D eigenvalue weighted by molar-refractivity contribution is 0.0765. The van der Waals surface area contributed by atoms with Gasteiger partial charge in [0.1, 0.15) is 6.10 Å². The minimum Gasteiger partial charge on any atom is -0.472 e. The van der Waals surface area contributed by atoms with Gasteiger partial charge in [-0.15, -0.1) is 5.10 Å². The van der Waals surface area contributed by atoms with E-state index in [2.05, 4.69) is 15.3 Å². The van der Waals surface area contributed by atoms with Crippen molar-refractivity contribution in [3.8, 4) is 5.88 Å². The van der Waals surface area contributed by atoms with Crippen LogP contribution in [0.15, 0.2) is 24.4 Å². The summed E-state index contributed by atoms with van der Waals surface area (Å²) >= 11 is 0. The Hall–Kier alpha value is -2.51. The Balaban J connectivity index is 1.61. The number of carbonyl (C=O) groups is 1. The second kappa shape index (κ2) is 5.47. The molecule has 21 heavy (non-hydrogen) atoms. The van der Waals surface area contributed by atoms with Gasteiger partial charge in [-0.1, -0.05) is 11.3 Å². The third kappa shape index (κ3) is 2.99. The molecule has 2 aromatic rings. The van der Waals surface area contributed by atoms with Crippen LogP contribution in [0.5, 0.6) is 5.88 Å². The van der Waals surface area contributed by atoms with Gasteiger partial charge in [0.15, 0.2) is 5.69 Å². The van der Waals surface area contributed by atoms with E-state index in [0.717, 1.165) is 0 Å². The monoisotopic (exact) mass is 291 g/mol. The Labute approximate surface area is 120 Å². The molecule has 0 radical (unpaired) electrons. The molecule has 1 atom stereocenters. The van der Waals surface area contributed by atoms with Crippen LogP contribution >= 0.6 is 0 Å². The van der Waals surface area contributed by atoms with Gasteiger partial charge in [-0.25, -0.2) is 0 Å². The van der Waals surface area contributed by atoms with Crippen LogP contribution in [-0.2, 0) is 7.05 Å². The normalized spacial score (nSPS) is 18.0. The van der Waals surface area contributed by atoms with E-state index in [0.29, 0.717) is 25.2 Å². The summed E-state index contributed by atoms with van der Waals surface area (Å²) in [6.45, 7) is 0.989. The van der Waals surface area contributed by atoms with E-state index >= 15 is 0 Å². The van der Waals surface area contributed by atoms with Crippen LogP contribution in [0.3, 0.4) is 0 Å². The summed E-state index contributed by atoms with van der Waals surface area (Å²) in [4.78, 5) is 17.5. The fourth-order valence-electron chi connectivity index (χ4n) is 2.24. The van der Waals surface area contributed by atoms with Gasteiger partial charge in [-0.2, -0.15) is 9.37 Å².